The predicted octanol–water partition coefficient (Wildman–Crippen LogP) is 0.346. The van der Waals surface area contributed by atoms with E-state index in [0.717, 1.165) is 12.1 Å². The molecule has 0 aromatic heterocycles. The zero-order chi connectivity index (χ0) is 21.6. The minimum atomic E-state index is -1.59. The molecule has 2 unspecified atom stereocenters. The maximum absolute atomic E-state index is 11.7. The van der Waals surface area contributed by atoms with Gasteiger partial charge >= 0.3 is 0 Å². The van der Waals surface area contributed by atoms with Crippen LogP contribution in [-0.4, -0.2) is 61.8 Å². The third-order valence-electron chi connectivity index (χ3n) is 4.74. The van der Waals surface area contributed by atoms with Gasteiger partial charge in [0.25, 0.3) is 0 Å². The molecule has 1 aliphatic carbocycles. The maximum Gasteiger partial charge on any atom is 0.229 e. The number of hydrogen-bond acceptors (Lipinski definition) is 10. The summed E-state index contributed by atoms with van der Waals surface area (Å²) in [4.78, 5) is 11.7. The van der Waals surface area contributed by atoms with Gasteiger partial charge in [0.15, 0.2) is 28.4 Å². The molecule has 6 N–H and O–H groups in total. The van der Waals surface area contributed by atoms with Crippen LogP contribution in [0.4, 0.5) is 0 Å². The highest BCUT2D eigenvalue weighted by atomic mass is 16.7. The highest BCUT2D eigenvalue weighted by Crippen LogP contribution is 2.42. The predicted molar refractivity (Wildman–Crippen MR) is 100 cm³/mol. The van der Waals surface area contributed by atoms with E-state index >= 15 is 0 Å². The van der Waals surface area contributed by atoms with Gasteiger partial charge < -0.3 is 44.5 Å². The first-order chi connectivity index (χ1) is 14.2. The fraction of sp³-hybridized carbons (Fsp3) is 0.250. The molecule has 1 aromatic rings. The van der Waals surface area contributed by atoms with Crippen LogP contribution < -0.4 is 10.2 Å². The molecule has 3 aliphatic rings. The number of aliphatic hydroxyl groups is 3. The summed E-state index contributed by atoms with van der Waals surface area (Å²) in [5.41, 5.74) is -0.133. The van der Waals surface area contributed by atoms with E-state index in [4.69, 9.17) is 13.9 Å². The summed E-state index contributed by atoms with van der Waals surface area (Å²) >= 11 is 0. The lowest BCUT2D eigenvalue weighted by atomic mass is 10.0. The molecule has 4 atom stereocenters. The number of rotatable bonds is 3. The van der Waals surface area contributed by atoms with Crippen molar-refractivity contribution in [3.8, 4) is 45.6 Å². The van der Waals surface area contributed by atoms with E-state index in [0.29, 0.717) is 0 Å². The summed E-state index contributed by atoms with van der Waals surface area (Å²) in [5.74, 6) is -1.23. The second-order valence-corrected chi connectivity index (χ2v) is 6.87. The van der Waals surface area contributed by atoms with E-state index in [1.807, 2.05) is 0 Å². The molecule has 1 aromatic carbocycles. The zero-order valence-electron chi connectivity index (χ0n) is 15.3. The third kappa shape index (κ3) is 3.53. The Labute approximate surface area is 168 Å². The number of aliphatic hydroxyl groups excluding tert-OH is 3. The monoisotopic (exact) mass is 418 g/mol. The third-order valence-corrected chi connectivity index (χ3v) is 4.74. The number of ether oxygens (including phenoxy) is 2. The molecule has 30 heavy (non-hydrogen) atoms. The minimum Gasteiger partial charge on any atom is -0.507 e. The summed E-state index contributed by atoms with van der Waals surface area (Å²) in [6.07, 6.45) is -5.79. The van der Waals surface area contributed by atoms with Crippen molar-refractivity contribution in [1.29, 1.82) is 0 Å². The first-order valence-electron chi connectivity index (χ1n) is 8.90. The Morgan fingerprint density at radius 2 is 1.67 bits per heavy atom. The van der Waals surface area contributed by atoms with E-state index in [-0.39, 0.29) is 46.5 Å². The molecule has 0 spiro atoms. The number of phenols is 3. The molecule has 0 amide bonds. The number of hydrogen-bond donors (Lipinski definition) is 6. The van der Waals surface area contributed by atoms with Crippen LogP contribution in [0, 0.1) is 0 Å². The van der Waals surface area contributed by atoms with Crippen molar-refractivity contribution >= 4 is 0 Å². The molecule has 4 rings (SSSR count). The summed E-state index contributed by atoms with van der Waals surface area (Å²) in [6, 6.07) is 7.27. The first kappa shape index (κ1) is 20.0. The molecule has 10 nitrogen and oxygen atoms in total. The van der Waals surface area contributed by atoms with Crippen molar-refractivity contribution in [2.24, 2.45) is 0 Å². The van der Waals surface area contributed by atoms with E-state index in [9.17, 15) is 35.4 Å². The van der Waals surface area contributed by atoms with Crippen LogP contribution >= 0.6 is 0 Å². The fourth-order valence-electron chi connectivity index (χ4n) is 3.14. The van der Waals surface area contributed by atoms with Gasteiger partial charge in [0.2, 0.25) is 6.29 Å². The lowest BCUT2D eigenvalue weighted by Gasteiger charge is -2.35. The van der Waals surface area contributed by atoms with E-state index in [1.54, 1.807) is 0 Å². The highest BCUT2D eigenvalue weighted by molar-refractivity contribution is 5.75. The van der Waals surface area contributed by atoms with E-state index < -0.39 is 35.8 Å². The van der Waals surface area contributed by atoms with Crippen LogP contribution in [0.25, 0.3) is 22.6 Å². The van der Waals surface area contributed by atoms with Crippen LogP contribution in [0.2, 0.25) is 0 Å². The number of aromatic hydroxyl groups is 3. The Morgan fingerprint density at radius 1 is 0.900 bits per heavy atom. The molecule has 1 saturated heterocycles. The average molecular weight is 418 g/mol. The minimum absolute atomic E-state index is 0.0146. The van der Waals surface area contributed by atoms with Crippen molar-refractivity contribution in [2.45, 2.75) is 24.6 Å². The first-order valence-corrected chi connectivity index (χ1v) is 8.90. The van der Waals surface area contributed by atoms with Gasteiger partial charge in [0.05, 0.1) is 12.2 Å². The summed E-state index contributed by atoms with van der Waals surface area (Å²) < 4.78 is 16.6. The molecule has 2 aliphatic heterocycles. The Bertz CT molecular complexity index is 1110. The smallest absolute Gasteiger partial charge is 0.229 e. The number of fused-ring (bicyclic) bond motifs is 1. The average Bonchev–Trinajstić information content (AvgIpc) is 2.70. The number of phenolic OH excluding ortho intramolecular Hbond substituents is 3. The molecule has 0 bridgehead atoms. The standard InChI is InChI=1S/C20H18O10/c21-9-4-12(23)10-6-16(30-20-18(27)17(26)14(25)7-28-20)19(29-15(10)5-9)8-1-2-11(22)13(24)3-8/h1-6,14,17-18,20,22-27H,7H2/t14-,17+,18?,20?/m1/s1. The summed E-state index contributed by atoms with van der Waals surface area (Å²) in [7, 11) is 0. The maximum atomic E-state index is 11.7. The fourth-order valence-corrected chi connectivity index (χ4v) is 3.14. The van der Waals surface area contributed by atoms with Crippen molar-refractivity contribution in [1.82, 2.24) is 0 Å². The van der Waals surface area contributed by atoms with Crippen LogP contribution in [0.5, 0.6) is 23.0 Å². The van der Waals surface area contributed by atoms with E-state index in [1.165, 1.54) is 24.3 Å². The Hall–Kier alpha value is -3.31. The van der Waals surface area contributed by atoms with Gasteiger partial charge in [-0.3, -0.25) is 4.79 Å². The molecule has 158 valence electrons. The normalized spacial score (nSPS) is 24.1. The number of benzene rings is 2. The molecular formula is C20H18O10. The van der Waals surface area contributed by atoms with Gasteiger partial charge in [-0.1, -0.05) is 0 Å². The molecule has 0 saturated carbocycles. The van der Waals surface area contributed by atoms with Crippen LogP contribution in [0.3, 0.4) is 0 Å². The van der Waals surface area contributed by atoms with Crippen LogP contribution in [-0.2, 0) is 4.74 Å². The van der Waals surface area contributed by atoms with Crippen molar-refractivity contribution in [2.75, 3.05) is 6.61 Å². The van der Waals surface area contributed by atoms with Gasteiger partial charge in [-0.2, -0.15) is 0 Å². The lowest BCUT2D eigenvalue weighted by molar-refractivity contribution is -0.242. The quantitative estimate of drug-likeness (QED) is 0.326. The molecular weight excluding hydrogens is 400 g/mol. The second-order valence-electron chi connectivity index (χ2n) is 6.87. The largest absolute Gasteiger partial charge is 0.507 e. The van der Waals surface area contributed by atoms with Crippen LogP contribution in [0.15, 0.2) is 45.6 Å². The Kier molecular flexibility index (Phi) is 5.00. The molecule has 0 radical (unpaired) electrons. The Morgan fingerprint density at radius 3 is 2.40 bits per heavy atom. The van der Waals surface area contributed by atoms with Gasteiger partial charge in [0.1, 0.15) is 29.8 Å². The zero-order valence-corrected chi connectivity index (χ0v) is 15.3. The van der Waals surface area contributed by atoms with Crippen molar-refractivity contribution in [3.05, 3.63) is 46.6 Å². The van der Waals surface area contributed by atoms with Crippen LogP contribution in [0.1, 0.15) is 0 Å². The van der Waals surface area contributed by atoms with Gasteiger partial charge in [-0.05, 0) is 24.3 Å². The van der Waals surface area contributed by atoms with Crippen molar-refractivity contribution in [3.63, 3.8) is 0 Å². The van der Waals surface area contributed by atoms with Crippen molar-refractivity contribution < 1.29 is 44.5 Å². The lowest BCUT2D eigenvalue weighted by Crippen LogP contribution is -2.54. The Balaban J connectivity index is 1.85. The van der Waals surface area contributed by atoms with Gasteiger partial charge in [-0.15, -0.1) is 0 Å². The van der Waals surface area contributed by atoms with E-state index in [2.05, 4.69) is 0 Å². The van der Waals surface area contributed by atoms with Gasteiger partial charge in [-0.25, -0.2) is 0 Å². The summed E-state index contributed by atoms with van der Waals surface area (Å²) in [6.45, 7) is -0.298. The van der Waals surface area contributed by atoms with Gasteiger partial charge in [0, 0.05) is 17.7 Å². The second kappa shape index (κ2) is 7.50. The topological polar surface area (TPSA) is 170 Å². The SMILES string of the molecule is O=c1cc2oc(-c3ccc(O)c(O)c3)c(OC3OC[C@@H](O)[C@H](O)C3O)cc-2c(O)c1. The summed E-state index contributed by atoms with van der Waals surface area (Å²) in [5, 5.41) is 59.1. The molecule has 2 heterocycles. The molecule has 1 fully saturated rings. The molecule has 10 heteroatoms. The highest BCUT2D eigenvalue weighted by Gasteiger charge is 2.39.